The molecule has 0 spiro atoms. The molecule has 9 nitrogen and oxygen atoms in total. The van der Waals surface area contributed by atoms with Gasteiger partial charge < -0.3 is 25.3 Å². The van der Waals surface area contributed by atoms with Gasteiger partial charge in [-0.15, -0.1) is 0 Å². The van der Waals surface area contributed by atoms with E-state index >= 15 is 0 Å². The van der Waals surface area contributed by atoms with E-state index in [1.165, 1.54) is 0 Å². The summed E-state index contributed by atoms with van der Waals surface area (Å²) in [7, 11) is 0. The number of hydrogen-bond donors (Lipinski definition) is 3. The Bertz CT molecular complexity index is 1000. The van der Waals surface area contributed by atoms with Crippen molar-refractivity contribution in [3.63, 3.8) is 0 Å². The summed E-state index contributed by atoms with van der Waals surface area (Å²) in [6.45, 7) is 9.58. The number of rotatable bonds is 5. The quantitative estimate of drug-likeness (QED) is 0.671. The number of carbonyl (C=O) groups is 2. The first-order valence-corrected chi connectivity index (χ1v) is 10.7. The number of benzene rings is 1. The lowest BCUT2D eigenvalue weighted by Crippen LogP contribution is -2.46. The van der Waals surface area contributed by atoms with Gasteiger partial charge >= 0.3 is 6.09 Å². The molecule has 2 amide bonds. The number of likely N-dealkylation sites (tertiary alicyclic amines) is 1. The maximum Gasteiger partial charge on any atom is 0.410 e. The standard InChI is InChI=1S/C22H31N5O4/c1-5-23-19(28)14-6-7-16-17(12-14)25-18(26-20(16)29)13-24-15-8-10-27(11-9-15)21(30)31-22(2,3)4/h6-7,12,15,24H,5,8-11,13H2,1-4H3,(H,23,28)(H,25,26,29). The molecule has 0 atom stereocenters. The lowest BCUT2D eigenvalue weighted by molar-refractivity contribution is 0.0197. The van der Waals surface area contributed by atoms with Gasteiger partial charge in [-0.25, -0.2) is 9.78 Å². The monoisotopic (exact) mass is 429 g/mol. The predicted molar refractivity (Wildman–Crippen MR) is 118 cm³/mol. The van der Waals surface area contributed by atoms with Crippen LogP contribution in [0.1, 0.15) is 56.7 Å². The number of aromatic amines is 1. The van der Waals surface area contributed by atoms with E-state index in [4.69, 9.17) is 4.74 Å². The molecule has 0 unspecified atom stereocenters. The molecule has 168 valence electrons. The van der Waals surface area contributed by atoms with Crippen molar-refractivity contribution in [2.75, 3.05) is 19.6 Å². The number of nitrogens with zero attached hydrogens (tertiary/aromatic N) is 2. The molecule has 1 fully saturated rings. The van der Waals surface area contributed by atoms with Crippen molar-refractivity contribution in [3.8, 4) is 0 Å². The molecule has 1 aliphatic heterocycles. The summed E-state index contributed by atoms with van der Waals surface area (Å²) < 4.78 is 5.43. The van der Waals surface area contributed by atoms with E-state index in [-0.39, 0.29) is 23.6 Å². The number of aromatic nitrogens is 2. The number of hydrogen-bond acceptors (Lipinski definition) is 6. The average Bonchev–Trinajstić information content (AvgIpc) is 2.71. The van der Waals surface area contributed by atoms with Crippen molar-refractivity contribution >= 4 is 22.9 Å². The fourth-order valence-electron chi connectivity index (χ4n) is 3.51. The molecule has 1 aromatic heterocycles. The number of H-pyrrole nitrogens is 1. The van der Waals surface area contributed by atoms with Crippen molar-refractivity contribution in [2.24, 2.45) is 0 Å². The minimum absolute atomic E-state index is 0.192. The van der Waals surface area contributed by atoms with Crippen LogP contribution in [0.5, 0.6) is 0 Å². The van der Waals surface area contributed by atoms with Crippen LogP contribution in [0.15, 0.2) is 23.0 Å². The zero-order chi connectivity index (χ0) is 22.6. The molecule has 2 heterocycles. The number of piperidine rings is 1. The molecule has 0 bridgehead atoms. The van der Waals surface area contributed by atoms with Crippen LogP contribution < -0.4 is 16.2 Å². The summed E-state index contributed by atoms with van der Waals surface area (Å²) in [6, 6.07) is 5.09. The maximum atomic E-state index is 12.4. The fraction of sp³-hybridized carbons (Fsp3) is 0.545. The van der Waals surface area contributed by atoms with Gasteiger partial charge in [-0.1, -0.05) is 0 Å². The first kappa shape index (κ1) is 22.7. The third-order valence-electron chi connectivity index (χ3n) is 5.06. The molecule has 1 saturated heterocycles. The van der Waals surface area contributed by atoms with E-state index < -0.39 is 5.60 Å². The highest BCUT2D eigenvalue weighted by molar-refractivity contribution is 5.97. The van der Waals surface area contributed by atoms with Gasteiger partial charge in [0.2, 0.25) is 0 Å². The van der Waals surface area contributed by atoms with Crippen LogP contribution in [0.3, 0.4) is 0 Å². The van der Waals surface area contributed by atoms with E-state index in [0.717, 1.165) is 12.8 Å². The number of fused-ring (bicyclic) bond motifs is 1. The smallest absolute Gasteiger partial charge is 0.410 e. The van der Waals surface area contributed by atoms with Crippen LogP contribution in [0.4, 0.5) is 4.79 Å². The molecular weight excluding hydrogens is 398 g/mol. The van der Waals surface area contributed by atoms with Crippen molar-refractivity contribution in [2.45, 2.75) is 58.7 Å². The zero-order valence-corrected chi connectivity index (χ0v) is 18.6. The van der Waals surface area contributed by atoms with Gasteiger partial charge in [0.05, 0.1) is 17.4 Å². The second kappa shape index (κ2) is 9.47. The molecule has 3 rings (SSSR count). The normalized spacial score (nSPS) is 15.2. The number of nitrogens with one attached hydrogen (secondary N) is 3. The Morgan fingerprint density at radius 3 is 2.61 bits per heavy atom. The van der Waals surface area contributed by atoms with E-state index in [0.29, 0.717) is 48.5 Å². The third kappa shape index (κ3) is 6.04. The first-order chi connectivity index (χ1) is 14.7. The van der Waals surface area contributed by atoms with Crippen molar-refractivity contribution in [1.29, 1.82) is 0 Å². The Labute approximate surface area is 181 Å². The maximum absolute atomic E-state index is 12.4. The first-order valence-electron chi connectivity index (χ1n) is 10.7. The predicted octanol–water partition coefficient (Wildman–Crippen LogP) is 2.16. The highest BCUT2D eigenvalue weighted by Crippen LogP contribution is 2.16. The molecule has 3 N–H and O–H groups in total. The highest BCUT2D eigenvalue weighted by Gasteiger charge is 2.26. The molecule has 1 aromatic carbocycles. The van der Waals surface area contributed by atoms with E-state index in [1.807, 2.05) is 27.7 Å². The highest BCUT2D eigenvalue weighted by atomic mass is 16.6. The van der Waals surface area contributed by atoms with Crippen molar-refractivity contribution in [3.05, 3.63) is 39.9 Å². The zero-order valence-electron chi connectivity index (χ0n) is 18.6. The molecule has 31 heavy (non-hydrogen) atoms. The molecule has 0 radical (unpaired) electrons. The fourth-order valence-corrected chi connectivity index (χ4v) is 3.51. The van der Waals surface area contributed by atoms with Crippen LogP contribution in [0.25, 0.3) is 10.9 Å². The lowest BCUT2D eigenvalue weighted by atomic mass is 10.1. The topological polar surface area (TPSA) is 116 Å². The van der Waals surface area contributed by atoms with Gasteiger partial charge in [-0.2, -0.15) is 0 Å². The third-order valence-corrected chi connectivity index (χ3v) is 5.06. The molecule has 9 heteroatoms. The van der Waals surface area contributed by atoms with Gasteiger partial charge in [0.1, 0.15) is 11.4 Å². The average molecular weight is 430 g/mol. The molecule has 1 aliphatic rings. The van der Waals surface area contributed by atoms with Gasteiger partial charge in [-0.3, -0.25) is 9.59 Å². The summed E-state index contributed by atoms with van der Waals surface area (Å²) in [6.07, 6.45) is 1.30. The second-order valence-electron chi connectivity index (χ2n) is 8.73. The summed E-state index contributed by atoms with van der Waals surface area (Å²) in [5.74, 6) is 0.322. The van der Waals surface area contributed by atoms with E-state index in [2.05, 4.69) is 20.6 Å². The Kier molecular flexibility index (Phi) is 6.94. The molecule has 2 aromatic rings. The SMILES string of the molecule is CCNC(=O)c1ccc2c(=O)[nH]c(CNC3CCN(C(=O)OC(C)(C)C)CC3)nc2c1. The van der Waals surface area contributed by atoms with E-state index in [9.17, 15) is 14.4 Å². The van der Waals surface area contributed by atoms with Crippen LogP contribution in [-0.2, 0) is 11.3 Å². The Morgan fingerprint density at radius 2 is 1.97 bits per heavy atom. The summed E-state index contributed by atoms with van der Waals surface area (Å²) in [5, 5.41) is 6.60. The van der Waals surface area contributed by atoms with Crippen LogP contribution in [0.2, 0.25) is 0 Å². The van der Waals surface area contributed by atoms with Crippen LogP contribution in [-0.4, -0.2) is 58.1 Å². The molecule has 0 saturated carbocycles. The minimum Gasteiger partial charge on any atom is -0.444 e. The van der Waals surface area contributed by atoms with E-state index in [1.54, 1.807) is 23.1 Å². The largest absolute Gasteiger partial charge is 0.444 e. The molecular formula is C22H31N5O4. The number of carbonyl (C=O) groups excluding carboxylic acids is 2. The van der Waals surface area contributed by atoms with Crippen molar-refractivity contribution in [1.82, 2.24) is 25.5 Å². The van der Waals surface area contributed by atoms with Crippen LogP contribution in [0, 0.1) is 0 Å². The Hall–Kier alpha value is -2.94. The lowest BCUT2D eigenvalue weighted by Gasteiger charge is -2.33. The van der Waals surface area contributed by atoms with Crippen molar-refractivity contribution < 1.29 is 14.3 Å². The minimum atomic E-state index is -0.503. The molecule has 0 aliphatic carbocycles. The van der Waals surface area contributed by atoms with Crippen LogP contribution >= 0.6 is 0 Å². The van der Waals surface area contributed by atoms with Gasteiger partial charge in [0, 0.05) is 31.2 Å². The van der Waals surface area contributed by atoms with Gasteiger partial charge in [-0.05, 0) is 58.7 Å². The Balaban J connectivity index is 1.60. The van der Waals surface area contributed by atoms with Gasteiger partial charge in [0.15, 0.2) is 0 Å². The summed E-state index contributed by atoms with van der Waals surface area (Å²) >= 11 is 0. The Morgan fingerprint density at radius 1 is 1.26 bits per heavy atom. The number of ether oxygens (including phenoxy) is 1. The number of amides is 2. The summed E-state index contributed by atoms with van der Waals surface area (Å²) in [4.78, 5) is 45.7. The summed E-state index contributed by atoms with van der Waals surface area (Å²) in [5.41, 5.74) is 0.227. The second-order valence-corrected chi connectivity index (χ2v) is 8.73. The van der Waals surface area contributed by atoms with Gasteiger partial charge in [0.25, 0.3) is 11.5 Å².